The molecule has 0 saturated heterocycles. The molecule has 19 aromatic rings. The summed E-state index contributed by atoms with van der Waals surface area (Å²) in [4.78, 5) is 27.8. The van der Waals surface area contributed by atoms with Gasteiger partial charge in [-0.15, -0.1) is 0 Å². The predicted molar refractivity (Wildman–Crippen MR) is 571 cm³/mol. The molecule has 9 nitrogen and oxygen atoms in total. The van der Waals surface area contributed by atoms with Crippen LogP contribution in [-0.4, -0.2) is 40.3 Å². The minimum absolute atomic E-state index is 0.00962. The summed E-state index contributed by atoms with van der Waals surface area (Å²) in [6.07, 6.45) is 0. The van der Waals surface area contributed by atoms with E-state index >= 15 is 0 Å². The van der Waals surface area contributed by atoms with Crippen LogP contribution in [0.2, 0.25) is 0 Å². The molecular formula is C124H122BN9. The summed E-state index contributed by atoms with van der Waals surface area (Å²) in [6, 6.07) is 90.6. The van der Waals surface area contributed by atoms with Crippen LogP contribution in [0.3, 0.4) is 0 Å². The summed E-state index contributed by atoms with van der Waals surface area (Å²) in [6.45, 7) is 53.3. The van der Waals surface area contributed by atoms with Gasteiger partial charge in [0.2, 0.25) is 0 Å². The van der Waals surface area contributed by atoms with E-state index in [1.54, 1.807) is 4.57 Å². The highest BCUT2D eigenvalue weighted by molar-refractivity contribution is 7.00. The lowest BCUT2D eigenvalue weighted by atomic mass is 9.33. The number of para-hydroxylation sites is 8. The second-order valence-corrected chi connectivity index (χ2v) is 45.5. The fourth-order valence-corrected chi connectivity index (χ4v) is 20.1. The van der Waals surface area contributed by atoms with Crippen molar-refractivity contribution >= 4 is 123 Å². The first kappa shape index (κ1) is 77.9. The summed E-state index contributed by atoms with van der Waals surface area (Å²) < 4.78 is 84.9. The topological polar surface area (TPSA) is 72.8 Å². The first-order valence-corrected chi connectivity index (χ1v) is 47.4. The van der Waals surface area contributed by atoms with Crippen molar-refractivity contribution in [3.05, 3.63) is 349 Å². The number of pyridine rings is 4. The zero-order valence-electron chi connectivity index (χ0n) is 89.9. The lowest BCUT2D eigenvalue weighted by molar-refractivity contribution is 0.531. The number of hydrogen-bond donors (Lipinski definition) is 0. The average Bonchev–Trinajstić information content (AvgIpc) is 0.751. The van der Waals surface area contributed by atoms with Gasteiger partial charge in [-0.05, 0) is 189 Å². The third kappa shape index (κ3) is 14.7. The monoisotopic (exact) mass is 1760 g/mol. The molecule has 2 aliphatic rings. The van der Waals surface area contributed by atoms with Crippen molar-refractivity contribution in [2.75, 3.05) is 9.80 Å². The van der Waals surface area contributed by atoms with E-state index in [9.17, 15) is 11.0 Å². The van der Waals surface area contributed by atoms with Gasteiger partial charge in [-0.2, -0.15) is 0 Å². The van der Waals surface area contributed by atoms with Gasteiger partial charge in [0.05, 0.1) is 55.4 Å². The molecule has 134 heavy (non-hydrogen) atoms. The molecule has 0 spiro atoms. The largest absolute Gasteiger partial charge is 0.310 e. The highest BCUT2D eigenvalue weighted by Crippen LogP contribution is 2.57. The molecule has 10 heteroatoms. The maximum atomic E-state index is 10.2. The molecule has 666 valence electrons. The molecule has 9 heterocycles. The van der Waals surface area contributed by atoms with Gasteiger partial charge in [0.15, 0.2) is 0 Å². The third-order valence-corrected chi connectivity index (χ3v) is 27.4. The van der Waals surface area contributed by atoms with Crippen molar-refractivity contribution in [3.8, 4) is 72.7 Å². The Morgan fingerprint density at radius 1 is 0.224 bits per heavy atom. The molecule has 0 unspecified atom stereocenters. The second kappa shape index (κ2) is 30.9. The van der Waals surface area contributed by atoms with Crippen LogP contribution in [0.1, 0.15) is 223 Å². The summed E-state index contributed by atoms with van der Waals surface area (Å²) in [5.41, 5.74) is 27.8. The van der Waals surface area contributed by atoms with Crippen LogP contribution >= 0.6 is 0 Å². The molecule has 0 radical (unpaired) electrons. The quantitative estimate of drug-likeness (QED) is 0.127. The highest BCUT2D eigenvalue weighted by atomic mass is 15.2. The Bertz CT molecular complexity index is 8110. The van der Waals surface area contributed by atoms with Gasteiger partial charge in [-0.1, -0.05) is 330 Å². The van der Waals surface area contributed by atoms with E-state index in [1.807, 2.05) is 6.07 Å². The van der Waals surface area contributed by atoms with Crippen molar-refractivity contribution in [2.45, 2.75) is 209 Å². The molecular weight excluding hydrogens is 1630 g/mol. The Kier molecular flexibility index (Phi) is 18.0. The van der Waals surface area contributed by atoms with Crippen LogP contribution in [-0.2, 0) is 43.3 Å². The van der Waals surface area contributed by atoms with Crippen molar-refractivity contribution in [2.24, 2.45) is 0 Å². The lowest BCUT2D eigenvalue weighted by Crippen LogP contribution is -2.61. The SMILES string of the molecule is [2H]c1c([2H])c([2H])c2c(c1[2H])c1c([2H])c([2H])c([2H])c([2H])c1n2-c1ccc2c(c1)N(c1c(-c3cc(C(C)(C)C)nc(C(C)(C)C)c3)cccc1-c1cc(C(C)(C)C)nc(C(C)(C)C)c1)c1cc(-c3ccc4c(c3)c3ccccc3n4-c3ccccc3)cc3c1B2c1ccc(-n2c4ccccc4c4ccccc42)cc1N3c1c(-c2cc(C(C)(C)C)nc(C(C)(C)C)c2)cccc1-c1cc(C(C)(C)C)nc(C(C)(C)C)c1. The number of nitrogens with zero attached hydrogens (tertiary/aromatic N) is 9. The van der Waals surface area contributed by atoms with E-state index in [-0.39, 0.29) is 21.8 Å². The summed E-state index contributed by atoms with van der Waals surface area (Å²) >= 11 is 0. The van der Waals surface area contributed by atoms with Gasteiger partial charge in [0.25, 0.3) is 6.71 Å². The number of benzene rings is 12. The molecule has 2 aliphatic heterocycles. The fraction of sp³-hybridized carbons (Fsp3) is 0.258. The third-order valence-electron chi connectivity index (χ3n) is 27.4. The van der Waals surface area contributed by atoms with Gasteiger partial charge in [-0.3, -0.25) is 19.9 Å². The summed E-state index contributed by atoms with van der Waals surface area (Å²) in [5, 5.41) is 4.34. The Hall–Kier alpha value is -13.7. The van der Waals surface area contributed by atoms with Gasteiger partial charge in [0, 0.05) is 183 Å². The van der Waals surface area contributed by atoms with Crippen LogP contribution in [0.15, 0.2) is 303 Å². The van der Waals surface area contributed by atoms with Crippen LogP contribution in [0.25, 0.3) is 138 Å². The maximum Gasteiger partial charge on any atom is 0.252 e. The summed E-state index contributed by atoms with van der Waals surface area (Å²) in [7, 11) is 0. The molecule has 7 aromatic heterocycles. The molecule has 0 atom stereocenters. The van der Waals surface area contributed by atoms with E-state index in [4.69, 9.17) is 19.9 Å². The van der Waals surface area contributed by atoms with Gasteiger partial charge < -0.3 is 23.5 Å². The number of hydrogen-bond acceptors (Lipinski definition) is 6. The Morgan fingerprint density at radius 3 is 0.866 bits per heavy atom. The zero-order chi connectivity index (χ0) is 101. The van der Waals surface area contributed by atoms with Crippen LogP contribution in [0.5, 0.6) is 0 Å². The standard InChI is InChI=1S/C124H122BN9/c1-117(2,3)106-65-77(66-107(126-106)118(4,5)6)84-47-38-48-85(78-67-108(119(7,8)9)127-109(68-78)120(10,11)12)115(84)133-102-73-82(131-96-51-33-28-42-88(96)89-43-29-34-52-97(89)131)57-59-94(102)125-95-60-58-83(132-98-53-35-30-44-90(98)91-45-31-36-54-99(91)132)74-103(95)134(105-64-76(63-104(133)114(105)125)75-56-61-101-93(62-75)92-46-32-37-55-100(92)130(101)81-40-26-25-27-41-81)116-86(79-69-110(121(13,14)15)128-111(70-79)122(16,17)18)49-39-50-87(116)80-71-112(123(19,20)21)129-113(72-80)124(22,23)24/h25-74H,1-24H3/i28D,29D,33D,34D,42D,43D,51D,52D. The van der Waals surface area contributed by atoms with Gasteiger partial charge in [-0.25, -0.2) is 0 Å². The zero-order valence-corrected chi connectivity index (χ0v) is 81.9. The number of fused-ring (bicyclic) bond motifs is 13. The van der Waals surface area contributed by atoms with Crippen molar-refractivity contribution < 1.29 is 11.0 Å². The van der Waals surface area contributed by atoms with Crippen molar-refractivity contribution in [1.82, 2.24) is 33.6 Å². The number of anilines is 6. The van der Waals surface area contributed by atoms with Gasteiger partial charge >= 0.3 is 0 Å². The van der Waals surface area contributed by atoms with Crippen LogP contribution in [0, 0.1) is 0 Å². The Labute approximate surface area is 803 Å². The first-order valence-electron chi connectivity index (χ1n) is 51.4. The fourth-order valence-electron chi connectivity index (χ4n) is 20.1. The average molecular weight is 1760 g/mol. The van der Waals surface area contributed by atoms with Gasteiger partial charge in [0.1, 0.15) is 0 Å². The Morgan fingerprint density at radius 2 is 0.522 bits per heavy atom. The molecule has 0 aliphatic carbocycles. The summed E-state index contributed by atoms with van der Waals surface area (Å²) in [5.74, 6) is 0. The van der Waals surface area contributed by atoms with E-state index in [1.165, 1.54) is 0 Å². The molecule has 0 fully saturated rings. The normalized spacial score (nSPS) is 14.3. The van der Waals surface area contributed by atoms with E-state index in [0.29, 0.717) is 11.4 Å². The lowest BCUT2D eigenvalue weighted by Gasteiger charge is -2.46. The van der Waals surface area contributed by atoms with Crippen LogP contribution < -0.4 is 26.2 Å². The molecule has 0 bridgehead atoms. The minimum atomic E-state index is -0.660. The molecule has 0 N–H and O–H groups in total. The van der Waals surface area contributed by atoms with Crippen molar-refractivity contribution in [3.63, 3.8) is 0 Å². The van der Waals surface area contributed by atoms with E-state index in [0.717, 1.165) is 201 Å². The molecule has 21 rings (SSSR count). The molecule has 0 amide bonds. The minimum Gasteiger partial charge on any atom is -0.310 e. The smallest absolute Gasteiger partial charge is 0.252 e. The van der Waals surface area contributed by atoms with E-state index < -0.39 is 98.4 Å². The molecule has 0 saturated carbocycles. The molecule has 12 aromatic carbocycles. The Balaban J connectivity index is 1.02. The van der Waals surface area contributed by atoms with E-state index in [2.05, 4.69) is 434 Å². The van der Waals surface area contributed by atoms with Crippen LogP contribution in [0.4, 0.5) is 34.1 Å². The number of rotatable bonds is 10. The maximum absolute atomic E-state index is 10.2. The number of aromatic nitrogens is 7. The second-order valence-electron chi connectivity index (χ2n) is 45.5. The van der Waals surface area contributed by atoms with Crippen molar-refractivity contribution in [1.29, 1.82) is 0 Å². The highest BCUT2D eigenvalue weighted by Gasteiger charge is 2.47. The predicted octanol–water partition coefficient (Wildman–Crippen LogP) is 31.4. The first-order chi connectivity index (χ1) is 66.8.